The summed E-state index contributed by atoms with van der Waals surface area (Å²) in [5, 5.41) is 4.03. The van der Waals surface area contributed by atoms with Gasteiger partial charge in [0, 0.05) is 0 Å². The fraction of sp³-hybridized carbons (Fsp3) is 0.250. The molecule has 182 valence electrons. The standard InChI is InChI=1S/C32H34BO2P/c1-23-15-19-25(20-16-23)36(26-21-17-24(2)18-22-26)30-14-10-8-12-28(30)27-11-7-9-13-29(27)33-34-31(3,4)32(5,6)35-33/h7-22H,1-6H3. The molecule has 1 aliphatic rings. The van der Waals surface area contributed by atoms with Crippen molar-refractivity contribution in [1.29, 1.82) is 0 Å². The fourth-order valence-corrected chi connectivity index (χ4v) is 7.05. The summed E-state index contributed by atoms with van der Waals surface area (Å²) in [6, 6.07) is 35.4. The summed E-state index contributed by atoms with van der Waals surface area (Å²) in [7, 11) is -1.17. The summed E-state index contributed by atoms with van der Waals surface area (Å²) in [5.74, 6) is 0. The van der Waals surface area contributed by atoms with Crippen molar-refractivity contribution in [2.75, 3.05) is 0 Å². The van der Waals surface area contributed by atoms with Crippen LogP contribution in [-0.4, -0.2) is 18.3 Å². The van der Waals surface area contributed by atoms with Crippen molar-refractivity contribution < 1.29 is 9.31 Å². The SMILES string of the molecule is Cc1ccc(P(c2ccc(C)cc2)c2ccccc2-c2ccccc2B2OC(C)(C)C(C)(C)O2)cc1. The fourth-order valence-electron chi connectivity index (χ4n) is 4.63. The van der Waals surface area contributed by atoms with E-state index < -0.39 is 15.0 Å². The first-order chi connectivity index (χ1) is 17.2. The van der Waals surface area contributed by atoms with Gasteiger partial charge in [0.1, 0.15) is 0 Å². The molecule has 0 spiro atoms. The molecule has 1 heterocycles. The first-order valence-electron chi connectivity index (χ1n) is 12.6. The summed E-state index contributed by atoms with van der Waals surface area (Å²) in [6.07, 6.45) is 0. The van der Waals surface area contributed by atoms with Crippen LogP contribution in [0.4, 0.5) is 0 Å². The Morgan fingerprint density at radius 2 is 1.00 bits per heavy atom. The summed E-state index contributed by atoms with van der Waals surface area (Å²) in [6.45, 7) is 12.7. The van der Waals surface area contributed by atoms with Gasteiger partial charge in [-0.2, -0.15) is 0 Å². The second kappa shape index (κ2) is 9.63. The summed E-state index contributed by atoms with van der Waals surface area (Å²) in [4.78, 5) is 0. The van der Waals surface area contributed by atoms with E-state index in [-0.39, 0.29) is 11.2 Å². The topological polar surface area (TPSA) is 18.5 Å². The molecule has 0 unspecified atom stereocenters. The van der Waals surface area contributed by atoms with Gasteiger partial charge in [-0.3, -0.25) is 0 Å². The number of hydrogen-bond donors (Lipinski definition) is 0. The highest BCUT2D eigenvalue weighted by Gasteiger charge is 2.52. The van der Waals surface area contributed by atoms with Gasteiger partial charge >= 0.3 is 7.12 Å². The molecule has 1 saturated heterocycles. The van der Waals surface area contributed by atoms with E-state index in [1.54, 1.807) is 0 Å². The summed E-state index contributed by atoms with van der Waals surface area (Å²) >= 11 is 0. The second-order valence-corrected chi connectivity index (χ2v) is 12.9. The largest absolute Gasteiger partial charge is 0.495 e. The molecule has 0 saturated carbocycles. The van der Waals surface area contributed by atoms with Crippen molar-refractivity contribution in [2.24, 2.45) is 0 Å². The maximum atomic E-state index is 6.49. The van der Waals surface area contributed by atoms with Gasteiger partial charge in [-0.05, 0) is 82.0 Å². The highest BCUT2D eigenvalue weighted by molar-refractivity contribution is 7.80. The maximum Gasteiger partial charge on any atom is 0.495 e. The average Bonchev–Trinajstić information content (AvgIpc) is 3.08. The molecular weight excluding hydrogens is 458 g/mol. The van der Waals surface area contributed by atoms with Gasteiger partial charge in [-0.15, -0.1) is 0 Å². The molecule has 1 aliphatic heterocycles. The summed E-state index contributed by atoms with van der Waals surface area (Å²) < 4.78 is 13.0. The van der Waals surface area contributed by atoms with E-state index in [2.05, 4.69) is 139 Å². The maximum absolute atomic E-state index is 6.49. The molecule has 0 bridgehead atoms. The van der Waals surface area contributed by atoms with E-state index >= 15 is 0 Å². The zero-order valence-corrected chi connectivity index (χ0v) is 23.0. The zero-order chi connectivity index (χ0) is 25.5. The lowest BCUT2D eigenvalue weighted by atomic mass is 9.74. The van der Waals surface area contributed by atoms with Gasteiger partial charge in [0.2, 0.25) is 0 Å². The number of rotatable bonds is 5. The van der Waals surface area contributed by atoms with Gasteiger partial charge in [-0.1, -0.05) is 108 Å². The van der Waals surface area contributed by atoms with Gasteiger partial charge in [0.05, 0.1) is 11.2 Å². The van der Waals surface area contributed by atoms with E-state index in [4.69, 9.17) is 9.31 Å². The molecule has 4 aromatic rings. The van der Waals surface area contributed by atoms with E-state index in [1.165, 1.54) is 38.2 Å². The molecule has 0 atom stereocenters. The Labute approximate surface area is 217 Å². The molecule has 5 rings (SSSR count). The van der Waals surface area contributed by atoms with E-state index in [1.807, 2.05) is 0 Å². The molecule has 1 fully saturated rings. The van der Waals surface area contributed by atoms with Crippen LogP contribution in [-0.2, 0) is 9.31 Å². The molecule has 36 heavy (non-hydrogen) atoms. The molecule has 0 aromatic heterocycles. The Balaban J connectivity index is 1.67. The molecule has 4 heteroatoms. The molecular formula is C32H34BO2P. The minimum atomic E-state index is -0.759. The van der Waals surface area contributed by atoms with Gasteiger partial charge in [-0.25, -0.2) is 0 Å². The lowest BCUT2D eigenvalue weighted by Crippen LogP contribution is -2.41. The third-order valence-corrected chi connectivity index (χ3v) is 9.99. The van der Waals surface area contributed by atoms with Gasteiger partial charge in [0.15, 0.2) is 0 Å². The van der Waals surface area contributed by atoms with E-state index in [0.29, 0.717) is 0 Å². The van der Waals surface area contributed by atoms with Crippen LogP contribution in [0.15, 0.2) is 97.1 Å². The third kappa shape index (κ3) is 4.69. The highest BCUT2D eigenvalue weighted by Crippen LogP contribution is 2.39. The highest BCUT2D eigenvalue weighted by atomic mass is 31.1. The average molecular weight is 492 g/mol. The normalized spacial score (nSPS) is 16.5. The Morgan fingerprint density at radius 1 is 0.556 bits per heavy atom. The quantitative estimate of drug-likeness (QED) is 0.250. The molecule has 0 N–H and O–H groups in total. The van der Waals surface area contributed by atoms with Crippen molar-refractivity contribution in [3.63, 3.8) is 0 Å². The van der Waals surface area contributed by atoms with Crippen molar-refractivity contribution >= 4 is 36.4 Å². The Morgan fingerprint density at radius 3 is 1.53 bits per heavy atom. The monoisotopic (exact) mass is 492 g/mol. The number of aryl methyl sites for hydroxylation is 2. The van der Waals surface area contributed by atoms with E-state index in [0.717, 1.165) is 5.46 Å². The lowest BCUT2D eigenvalue weighted by molar-refractivity contribution is 0.00578. The first kappa shape index (κ1) is 25.0. The van der Waals surface area contributed by atoms with Crippen molar-refractivity contribution in [2.45, 2.75) is 52.7 Å². The molecule has 2 nitrogen and oxygen atoms in total. The van der Waals surface area contributed by atoms with Gasteiger partial charge < -0.3 is 9.31 Å². The Kier molecular flexibility index (Phi) is 6.68. The van der Waals surface area contributed by atoms with Crippen LogP contribution in [0, 0.1) is 13.8 Å². The van der Waals surface area contributed by atoms with Crippen LogP contribution in [0.2, 0.25) is 0 Å². The van der Waals surface area contributed by atoms with Crippen LogP contribution in [0.1, 0.15) is 38.8 Å². The van der Waals surface area contributed by atoms with Gasteiger partial charge in [0.25, 0.3) is 0 Å². The first-order valence-corrected chi connectivity index (χ1v) is 14.0. The molecule has 0 amide bonds. The smallest absolute Gasteiger partial charge is 0.399 e. The van der Waals surface area contributed by atoms with Crippen LogP contribution in [0.5, 0.6) is 0 Å². The minimum absolute atomic E-state index is 0.388. The molecule has 4 aromatic carbocycles. The van der Waals surface area contributed by atoms with Crippen molar-refractivity contribution in [1.82, 2.24) is 0 Å². The Bertz CT molecular complexity index is 1300. The van der Waals surface area contributed by atoms with Crippen LogP contribution >= 0.6 is 7.92 Å². The number of benzene rings is 4. The lowest BCUT2D eigenvalue weighted by Gasteiger charge is -2.32. The molecule has 0 radical (unpaired) electrons. The van der Waals surface area contributed by atoms with Crippen LogP contribution in [0.3, 0.4) is 0 Å². The minimum Gasteiger partial charge on any atom is -0.399 e. The zero-order valence-electron chi connectivity index (χ0n) is 22.1. The van der Waals surface area contributed by atoms with Crippen molar-refractivity contribution in [3.05, 3.63) is 108 Å². The predicted molar refractivity (Wildman–Crippen MR) is 156 cm³/mol. The third-order valence-electron chi connectivity index (χ3n) is 7.49. The summed E-state index contributed by atoms with van der Waals surface area (Å²) in [5.41, 5.74) is 5.25. The Hall–Kier alpha value is -2.71. The van der Waals surface area contributed by atoms with E-state index in [9.17, 15) is 0 Å². The van der Waals surface area contributed by atoms with Crippen LogP contribution in [0.25, 0.3) is 11.1 Å². The molecule has 0 aliphatic carbocycles. The number of hydrogen-bond acceptors (Lipinski definition) is 2. The van der Waals surface area contributed by atoms with Crippen LogP contribution < -0.4 is 21.4 Å². The van der Waals surface area contributed by atoms with Crippen molar-refractivity contribution in [3.8, 4) is 11.1 Å². The predicted octanol–water partition coefficient (Wildman–Crippen LogP) is 6.03. The second-order valence-electron chi connectivity index (χ2n) is 10.7.